The minimum Gasteiger partial charge on any atom is -0.0882 e. The van der Waals surface area contributed by atoms with E-state index in [1.807, 2.05) is 0 Å². The van der Waals surface area contributed by atoms with E-state index in [0.717, 1.165) is 11.8 Å². The third kappa shape index (κ3) is 0.324. The minimum absolute atomic E-state index is 1.07. The lowest BCUT2D eigenvalue weighted by atomic mass is 9.93. The van der Waals surface area contributed by atoms with E-state index in [1.165, 1.54) is 12.8 Å². The molecule has 0 nitrogen and oxygen atoms in total. The van der Waals surface area contributed by atoms with Crippen LogP contribution in [0.4, 0.5) is 0 Å². The minimum atomic E-state index is 1.07. The molecule has 2 saturated carbocycles. The van der Waals surface area contributed by atoms with Crippen LogP contribution in [0.3, 0.4) is 0 Å². The monoisotopic (exact) mass is 94.1 g/mol. The Kier molecular flexibility index (Phi) is 0.495. The fourth-order valence-electron chi connectivity index (χ4n) is 1.55. The Morgan fingerprint density at radius 1 is 1.71 bits per heavy atom. The normalized spacial score (nSPS) is 50.7. The average Bonchev–Trinajstić information content (AvgIpc) is 2.18. The first-order chi connectivity index (χ1) is 3.42. The number of rotatable bonds is 0. The highest BCUT2D eigenvalue weighted by Crippen LogP contribution is 2.59. The Labute approximate surface area is 44.2 Å². The smallest absolute Gasteiger partial charge is 0.0169 e. The van der Waals surface area contributed by atoms with Gasteiger partial charge in [-0.1, -0.05) is 11.6 Å². The molecule has 2 rings (SSSR count). The molecule has 7 heavy (non-hydrogen) atoms. The van der Waals surface area contributed by atoms with Gasteiger partial charge in [0.25, 0.3) is 0 Å². The summed E-state index contributed by atoms with van der Waals surface area (Å²) in [6.45, 7) is 2.16. The van der Waals surface area contributed by atoms with Crippen molar-refractivity contribution in [2.75, 3.05) is 0 Å². The van der Waals surface area contributed by atoms with Gasteiger partial charge >= 0.3 is 0 Å². The molecule has 2 aliphatic rings. The van der Waals surface area contributed by atoms with Gasteiger partial charge in [-0.05, 0) is 31.6 Å². The predicted octanol–water partition coefficient (Wildman–Crippen LogP) is 1.97. The van der Waals surface area contributed by atoms with Gasteiger partial charge in [0.15, 0.2) is 0 Å². The van der Waals surface area contributed by atoms with E-state index < -0.39 is 0 Å². The van der Waals surface area contributed by atoms with Crippen LogP contribution in [0.2, 0.25) is 0 Å². The Hall–Kier alpha value is -0.260. The summed E-state index contributed by atoms with van der Waals surface area (Å²) < 4.78 is 0. The second-order valence-electron chi connectivity index (χ2n) is 2.67. The van der Waals surface area contributed by atoms with Crippen molar-refractivity contribution in [3.05, 3.63) is 11.6 Å². The zero-order chi connectivity index (χ0) is 4.85. The van der Waals surface area contributed by atoms with Crippen molar-refractivity contribution in [3.8, 4) is 0 Å². The summed E-state index contributed by atoms with van der Waals surface area (Å²) in [5.74, 6) is 2.22. The Bertz CT molecular complexity index is 122. The number of fused-ring (bicyclic) bond motifs is 1. The fraction of sp³-hybridized carbons (Fsp3) is 0.714. The molecular weight excluding hydrogens is 84.1 g/mol. The second-order valence-corrected chi connectivity index (χ2v) is 2.67. The highest BCUT2D eigenvalue weighted by atomic mass is 14.5. The second kappa shape index (κ2) is 0.936. The predicted molar refractivity (Wildman–Crippen MR) is 30.0 cm³/mol. The van der Waals surface area contributed by atoms with Crippen LogP contribution in [0.25, 0.3) is 0 Å². The Morgan fingerprint density at radius 3 is 2.71 bits per heavy atom. The number of allylic oxidation sites excluding steroid dienone is 2. The molecule has 0 aromatic rings. The average molecular weight is 94.2 g/mol. The molecule has 2 unspecified atom stereocenters. The molecule has 0 heterocycles. The van der Waals surface area contributed by atoms with Crippen molar-refractivity contribution in [2.45, 2.75) is 19.8 Å². The highest BCUT2D eigenvalue weighted by molar-refractivity contribution is 5.26. The number of hydrogen-bond acceptors (Lipinski definition) is 0. The largest absolute Gasteiger partial charge is 0.0882 e. The van der Waals surface area contributed by atoms with E-state index >= 15 is 0 Å². The summed E-state index contributed by atoms with van der Waals surface area (Å²) in [6.07, 6.45) is 5.23. The van der Waals surface area contributed by atoms with Crippen molar-refractivity contribution in [1.82, 2.24) is 0 Å². The highest BCUT2D eigenvalue weighted by Gasteiger charge is 2.48. The van der Waals surface area contributed by atoms with Gasteiger partial charge in [0.2, 0.25) is 0 Å². The fourth-order valence-corrected chi connectivity index (χ4v) is 1.55. The maximum Gasteiger partial charge on any atom is -0.0169 e. The lowest BCUT2D eigenvalue weighted by molar-refractivity contribution is 0.618. The van der Waals surface area contributed by atoms with Gasteiger partial charge < -0.3 is 0 Å². The molecule has 0 aliphatic heterocycles. The molecule has 2 atom stereocenters. The first-order valence-corrected chi connectivity index (χ1v) is 3.07. The molecule has 0 radical (unpaired) electrons. The molecular formula is C7H10. The summed E-state index contributed by atoms with van der Waals surface area (Å²) in [7, 11) is 0. The number of hydrogen-bond donors (Lipinski definition) is 0. The third-order valence-corrected chi connectivity index (χ3v) is 2.27. The van der Waals surface area contributed by atoms with Gasteiger partial charge in [-0.25, -0.2) is 0 Å². The maximum atomic E-state index is 2.29. The van der Waals surface area contributed by atoms with Crippen molar-refractivity contribution < 1.29 is 0 Å². The van der Waals surface area contributed by atoms with E-state index in [2.05, 4.69) is 13.0 Å². The molecule has 0 saturated heterocycles. The first-order valence-electron chi connectivity index (χ1n) is 3.07. The lowest BCUT2D eigenvalue weighted by Gasteiger charge is -2.13. The van der Waals surface area contributed by atoms with Crippen LogP contribution < -0.4 is 0 Å². The molecule has 2 aliphatic carbocycles. The van der Waals surface area contributed by atoms with Crippen molar-refractivity contribution >= 4 is 0 Å². The van der Waals surface area contributed by atoms with E-state index in [-0.39, 0.29) is 0 Å². The summed E-state index contributed by atoms with van der Waals surface area (Å²) in [4.78, 5) is 0. The van der Waals surface area contributed by atoms with Gasteiger partial charge in [0.1, 0.15) is 0 Å². The quantitative estimate of drug-likeness (QED) is 0.402. The molecule has 0 amide bonds. The summed E-state index contributed by atoms with van der Waals surface area (Å²) in [6, 6.07) is 0. The molecule has 38 valence electrons. The molecule has 0 aromatic carbocycles. The third-order valence-electron chi connectivity index (χ3n) is 2.27. The van der Waals surface area contributed by atoms with Crippen LogP contribution in [-0.2, 0) is 0 Å². The van der Waals surface area contributed by atoms with E-state index in [1.54, 1.807) is 5.57 Å². The van der Waals surface area contributed by atoms with Crippen LogP contribution in [0, 0.1) is 11.8 Å². The zero-order valence-corrected chi connectivity index (χ0v) is 4.65. The lowest BCUT2D eigenvalue weighted by Crippen LogP contribution is -2.00. The van der Waals surface area contributed by atoms with Crippen LogP contribution in [0.5, 0.6) is 0 Å². The topological polar surface area (TPSA) is 0 Å². The Balaban J connectivity index is 2.16. The summed E-state index contributed by atoms with van der Waals surface area (Å²) in [5.41, 5.74) is 1.73. The molecule has 0 bridgehead atoms. The van der Waals surface area contributed by atoms with Crippen LogP contribution in [0.1, 0.15) is 19.8 Å². The SMILES string of the molecule is CC=C1CC2CC12. The first kappa shape index (κ1) is 3.71. The molecule has 0 heteroatoms. The van der Waals surface area contributed by atoms with E-state index in [4.69, 9.17) is 0 Å². The van der Waals surface area contributed by atoms with Crippen molar-refractivity contribution in [1.29, 1.82) is 0 Å². The van der Waals surface area contributed by atoms with Crippen LogP contribution in [-0.4, -0.2) is 0 Å². The van der Waals surface area contributed by atoms with E-state index in [0.29, 0.717) is 0 Å². The van der Waals surface area contributed by atoms with Gasteiger partial charge in [0.05, 0.1) is 0 Å². The van der Waals surface area contributed by atoms with Gasteiger partial charge in [-0.2, -0.15) is 0 Å². The van der Waals surface area contributed by atoms with Gasteiger partial charge in [-0.15, -0.1) is 0 Å². The molecule has 2 fully saturated rings. The zero-order valence-electron chi connectivity index (χ0n) is 4.65. The standard InChI is InChI=1S/C7H10/c1-2-5-3-6-4-7(5)6/h2,6-7H,3-4H2,1H3. The molecule has 0 spiro atoms. The van der Waals surface area contributed by atoms with Crippen molar-refractivity contribution in [2.24, 2.45) is 11.8 Å². The van der Waals surface area contributed by atoms with Crippen LogP contribution >= 0.6 is 0 Å². The Morgan fingerprint density at radius 2 is 2.57 bits per heavy atom. The van der Waals surface area contributed by atoms with Crippen molar-refractivity contribution in [3.63, 3.8) is 0 Å². The summed E-state index contributed by atoms with van der Waals surface area (Å²) in [5, 5.41) is 0. The van der Waals surface area contributed by atoms with Crippen LogP contribution in [0.15, 0.2) is 11.6 Å². The maximum absolute atomic E-state index is 2.29. The molecule has 0 N–H and O–H groups in total. The van der Waals surface area contributed by atoms with Gasteiger partial charge in [0, 0.05) is 0 Å². The van der Waals surface area contributed by atoms with Gasteiger partial charge in [-0.3, -0.25) is 0 Å². The van der Waals surface area contributed by atoms with E-state index in [9.17, 15) is 0 Å². The molecule has 0 aromatic heterocycles. The summed E-state index contributed by atoms with van der Waals surface area (Å²) >= 11 is 0.